The minimum atomic E-state index is 0.624. The van der Waals surface area contributed by atoms with Crippen molar-refractivity contribution in [1.29, 1.82) is 0 Å². The number of thiophene rings is 1. The van der Waals surface area contributed by atoms with E-state index in [9.17, 15) is 0 Å². The van der Waals surface area contributed by atoms with Crippen LogP contribution >= 0.6 is 11.3 Å². The Morgan fingerprint density at radius 3 is 1.57 bits per heavy atom. The number of rotatable bonds is 5. The zero-order valence-corrected chi connectivity index (χ0v) is 28.0. The molecule has 0 N–H and O–H groups in total. The highest BCUT2D eigenvalue weighted by atomic mass is 32.1. The first-order chi connectivity index (χ1) is 25.3. The molecule has 0 aliphatic carbocycles. The highest BCUT2D eigenvalue weighted by Crippen LogP contribution is 2.44. The van der Waals surface area contributed by atoms with Crippen LogP contribution in [0.4, 0.5) is 0 Å². The van der Waals surface area contributed by atoms with Gasteiger partial charge in [-0.2, -0.15) is 0 Å². The second-order valence-electron chi connectivity index (χ2n) is 12.5. The fourth-order valence-corrected chi connectivity index (χ4v) is 8.08. The Kier molecular flexibility index (Phi) is 6.93. The number of para-hydroxylation sites is 1. The zero-order valence-electron chi connectivity index (χ0n) is 27.2. The third kappa shape index (κ3) is 5.12. The van der Waals surface area contributed by atoms with Crippen molar-refractivity contribution >= 4 is 53.2 Å². The molecule has 0 atom stereocenters. The van der Waals surface area contributed by atoms with Crippen LogP contribution < -0.4 is 0 Å². The van der Waals surface area contributed by atoms with E-state index in [4.69, 9.17) is 24.9 Å². The largest absolute Gasteiger partial charge is 0.228 e. The van der Waals surface area contributed by atoms with E-state index in [2.05, 4.69) is 97.1 Å². The van der Waals surface area contributed by atoms with Crippen molar-refractivity contribution in [1.82, 2.24) is 24.9 Å². The molecule has 51 heavy (non-hydrogen) atoms. The van der Waals surface area contributed by atoms with Crippen LogP contribution in [0.3, 0.4) is 0 Å². The molecule has 0 saturated heterocycles. The molecule has 7 aromatic carbocycles. The molecule has 6 heteroatoms. The standard InChI is InChI=1S/C45H27N5S/c1-3-14-29(15-4-1)42-48-43(30-16-5-2-6-17-30)50-45(49-42)35-21-12-24-38-40(35)39-34(20-11-23-37(39)51-38)44-46-36-22-10-9-19-33(36)41(47-44)32-26-25-28-13-7-8-18-31(28)27-32/h1-27H. The summed E-state index contributed by atoms with van der Waals surface area (Å²) < 4.78 is 2.30. The van der Waals surface area contributed by atoms with Crippen molar-refractivity contribution in [2.24, 2.45) is 0 Å². The van der Waals surface area contributed by atoms with Gasteiger partial charge in [-0.25, -0.2) is 24.9 Å². The summed E-state index contributed by atoms with van der Waals surface area (Å²) in [5.41, 5.74) is 6.66. The van der Waals surface area contributed by atoms with Crippen LogP contribution in [0.15, 0.2) is 164 Å². The molecule has 0 unspecified atom stereocenters. The van der Waals surface area contributed by atoms with Gasteiger partial charge < -0.3 is 0 Å². The molecule has 0 saturated carbocycles. The summed E-state index contributed by atoms with van der Waals surface area (Å²) in [6.07, 6.45) is 0. The molecule has 5 nitrogen and oxygen atoms in total. The lowest BCUT2D eigenvalue weighted by Crippen LogP contribution is -2.00. The Morgan fingerprint density at radius 2 is 0.902 bits per heavy atom. The van der Waals surface area contributed by atoms with Crippen LogP contribution in [0.2, 0.25) is 0 Å². The third-order valence-electron chi connectivity index (χ3n) is 9.33. The van der Waals surface area contributed by atoms with E-state index in [1.54, 1.807) is 11.3 Å². The number of aromatic nitrogens is 5. The Hall–Kier alpha value is -6.63. The van der Waals surface area contributed by atoms with Gasteiger partial charge in [0.25, 0.3) is 0 Å². The van der Waals surface area contributed by atoms with Gasteiger partial charge in [-0.05, 0) is 35.0 Å². The van der Waals surface area contributed by atoms with Crippen molar-refractivity contribution in [2.45, 2.75) is 0 Å². The Bertz CT molecular complexity index is 2860. The maximum Gasteiger partial charge on any atom is 0.164 e. The van der Waals surface area contributed by atoms with E-state index in [-0.39, 0.29) is 0 Å². The lowest BCUT2D eigenvalue weighted by molar-refractivity contribution is 1.08. The Morgan fingerprint density at radius 1 is 0.353 bits per heavy atom. The first kappa shape index (κ1) is 29.3. The maximum absolute atomic E-state index is 5.35. The van der Waals surface area contributed by atoms with Crippen LogP contribution in [0, 0.1) is 0 Å². The van der Waals surface area contributed by atoms with Gasteiger partial charge in [0.15, 0.2) is 23.3 Å². The highest BCUT2D eigenvalue weighted by Gasteiger charge is 2.21. The van der Waals surface area contributed by atoms with Crippen molar-refractivity contribution in [3.8, 4) is 56.8 Å². The monoisotopic (exact) mass is 669 g/mol. The molecule has 0 spiro atoms. The first-order valence-corrected chi connectivity index (χ1v) is 17.7. The zero-order chi connectivity index (χ0) is 33.7. The van der Waals surface area contributed by atoms with E-state index in [1.165, 1.54) is 10.8 Å². The molecule has 10 aromatic rings. The average molecular weight is 670 g/mol. The molecule has 0 radical (unpaired) electrons. The minimum absolute atomic E-state index is 0.624. The van der Waals surface area contributed by atoms with Gasteiger partial charge in [0.05, 0.1) is 11.2 Å². The summed E-state index contributed by atoms with van der Waals surface area (Å²) in [5, 5.41) is 5.58. The summed E-state index contributed by atoms with van der Waals surface area (Å²) in [4.78, 5) is 25.7. The van der Waals surface area contributed by atoms with Gasteiger partial charge in [-0.15, -0.1) is 11.3 Å². The maximum atomic E-state index is 5.35. The lowest BCUT2D eigenvalue weighted by atomic mass is 9.99. The third-order valence-corrected chi connectivity index (χ3v) is 10.4. The van der Waals surface area contributed by atoms with Crippen molar-refractivity contribution in [2.75, 3.05) is 0 Å². The van der Waals surface area contributed by atoms with E-state index >= 15 is 0 Å². The van der Waals surface area contributed by atoms with Crippen LogP contribution in [-0.4, -0.2) is 24.9 Å². The predicted molar refractivity (Wildman–Crippen MR) is 210 cm³/mol. The van der Waals surface area contributed by atoms with Gasteiger partial charge in [0.2, 0.25) is 0 Å². The molecular formula is C45H27N5S. The molecule has 238 valence electrons. The molecule has 0 aliphatic rings. The molecule has 0 bridgehead atoms. The van der Waals surface area contributed by atoms with Gasteiger partial charge in [0.1, 0.15) is 0 Å². The SMILES string of the molecule is c1ccc(-c2nc(-c3ccccc3)nc(-c3cccc4sc5cccc(-c6nc(-c7ccc8ccccc8c7)c7ccccc7n6)c5c34)n2)cc1. The van der Waals surface area contributed by atoms with E-state index in [1.807, 2.05) is 66.7 Å². The lowest BCUT2D eigenvalue weighted by Gasteiger charge is -2.12. The van der Waals surface area contributed by atoms with Crippen molar-refractivity contribution < 1.29 is 0 Å². The molecule has 0 aliphatic heterocycles. The second kappa shape index (κ2) is 12.1. The summed E-state index contributed by atoms with van der Waals surface area (Å²) in [6, 6.07) is 56.3. The summed E-state index contributed by atoms with van der Waals surface area (Å²) in [5.74, 6) is 2.57. The fraction of sp³-hybridized carbons (Fsp3) is 0. The van der Waals surface area contributed by atoms with Crippen LogP contribution in [0.25, 0.3) is 98.7 Å². The minimum Gasteiger partial charge on any atom is -0.228 e. The average Bonchev–Trinajstić information content (AvgIpc) is 3.60. The van der Waals surface area contributed by atoms with Crippen LogP contribution in [0.5, 0.6) is 0 Å². The number of nitrogens with zero attached hydrogens (tertiary/aromatic N) is 5. The smallest absolute Gasteiger partial charge is 0.164 e. The Labute approximate surface area is 297 Å². The van der Waals surface area contributed by atoms with Crippen LogP contribution in [-0.2, 0) is 0 Å². The Balaban J connectivity index is 1.23. The van der Waals surface area contributed by atoms with E-state index in [0.717, 1.165) is 64.6 Å². The van der Waals surface area contributed by atoms with Gasteiger partial charge >= 0.3 is 0 Å². The number of fused-ring (bicyclic) bond motifs is 5. The molecule has 0 amide bonds. The second-order valence-corrected chi connectivity index (χ2v) is 13.6. The van der Waals surface area contributed by atoms with E-state index < -0.39 is 0 Å². The molecule has 3 heterocycles. The highest BCUT2D eigenvalue weighted by molar-refractivity contribution is 7.26. The molecule has 0 fully saturated rings. The topological polar surface area (TPSA) is 64.5 Å². The molecular weight excluding hydrogens is 643 g/mol. The number of hydrogen-bond donors (Lipinski definition) is 0. The normalized spacial score (nSPS) is 11.5. The fourth-order valence-electron chi connectivity index (χ4n) is 6.92. The summed E-state index contributed by atoms with van der Waals surface area (Å²) in [6.45, 7) is 0. The van der Waals surface area contributed by atoms with Crippen LogP contribution in [0.1, 0.15) is 0 Å². The van der Waals surface area contributed by atoms with Gasteiger partial charge in [-0.1, -0.05) is 140 Å². The van der Waals surface area contributed by atoms with Gasteiger partial charge in [0, 0.05) is 53.4 Å². The van der Waals surface area contributed by atoms with Crippen molar-refractivity contribution in [3.63, 3.8) is 0 Å². The molecule has 10 rings (SSSR count). The number of hydrogen-bond acceptors (Lipinski definition) is 6. The quantitative estimate of drug-likeness (QED) is 0.182. The predicted octanol–water partition coefficient (Wildman–Crippen LogP) is 11.7. The first-order valence-electron chi connectivity index (χ1n) is 16.8. The van der Waals surface area contributed by atoms with Crippen molar-refractivity contribution in [3.05, 3.63) is 164 Å². The molecule has 3 aromatic heterocycles. The summed E-state index contributed by atoms with van der Waals surface area (Å²) >= 11 is 1.76. The number of benzene rings is 7. The summed E-state index contributed by atoms with van der Waals surface area (Å²) in [7, 11) is 0. The van der Waals surface area contributed by atoms with Gasteiger partial charge in [-0.3, -0.25) is 0 Å². The van der Waals surface area contributed by atoms with E-state index in [0.29, 0.717) is 23.3 Å².